The number of likely N-dealkylation sites (tertiary alicyclic amines) is 2. The number of esters is 1. The molecule has 166 valence electrons. The van der Waals surface area contributed by atoms with Gasteiger partial charge in [0.15, 0.2) is 5.96 Å². The van der Waals surface area contributed by atoms with Crippen LogP contribution >= 0.6 is 11.6 Å². The van der Waals surface area contributed by atoms with E-state index in [4.69, 9.17) is 21.3 Å². The molecule has 7 heteroatoms. The summed E-state index contributed by atoms with van der Waals surface area (Å²) in [6.45, 7) is 8.62. The molecule has 2 saturated heterocycles. The van der Waals surface area contributed by atoms with Gasteiger partial charge in [-0.2, -0.15) is 0 Å². The van der Waals surface area contributed by atoms with Crippen LogP contribution in [-0.2, 0) is 16.1 Å². The highest BCUT2D eigenvalue weighted by molar-refractivity contribution is 6.31. The van der Waals surface area contributed by atoms with Crippen LogP contribution in [0.2, 0.25) is 5.02 Å². The predicted octanol–water partition coefficient (Wildman–Crippen LogP) is 3.40. The van der Waals surface area contributed by atoms with Gasteiger partial charge in [0.1, 0.15) is 0 Å². The Kier molecular flexibility index (Phi) is 8.82. The Morgan fingerprint density at radius 1 is 1.17 bits per heavy atom. The van der Waals surface area contributed by atoms with Crippen molar-refractivity contribution in [2.75, 3.05) is 46.4 Å². The molecule has 0 unspecified atom stereocenters. The fourth-order valence-electron chi connectivity index (χ4n) is 4.33. The minimum Gasteiger partial charge on any atom is -0.469 e. The zero-order valence-electron chi connectivity index (χ0n) is 18.3. The van der Waals surface area contributed by atoms with Crippen LogP contribution in [0.15, 0.2) is 29.3 Å². The number of halogens is 1. The molecule has 2 fully saturated rings. The lowest BCUT2D eigenvalue weighted by molar-refractivity contribution is -0.146. The van der Waals surface area contributed by atoms with Crippen molar-refractivity contribution in [1.82, 2.24) is 15.1 Å². The average molecular weight is 435 g/mol. The molecule has 1 aromatic carbocycles. The van der Waals surface area contributed by atoms with E-state index in [1.165, 1.54) is 12.7 Å². The van der Waals surface area contributed by atoms with Gasteiger partial charge in [-0.25, -0.2) is 0 Å². The fourth-order valence-corrected chi connectivity index (χ4v) is 4.53. The third-order valence-electron chi connectivity index (χ3n) is 6.22. The zero-order valence-corrected chi connectivity index (χ0v) is 19.0. The Morgan fingerprint density at radius 3 is 2.50 bits per heavy atom. The number of nitrogens with zero attached hydrogens (tertiary/aromatic N) is 3. The summed E-state index contributed by atoms with van der Waals surface area (Å²) in [5.41, 5.74) is 1.21. The molecule has 0 atom stereocenters. The van der Waals surface area contributed by atoms with Crippen molar-refractivity contribution >= 4 is 23.5 Å². The summed E-state index contributed by atoms with van der Waals surface area (Å²) in [4.78, 5) is 21.5. The zero-order chi connectivity index (χ0) is 21.3. The van der Waals surface area contributed by atoms with Gasteiger partial charge in [0.2, 0.25) is 0 Å². The molecule has 0 spiro atoms. The lowest BCUT2D eigenvalue weighted by Crippen LogP contribution is -2.47. The Labute approximate surface area is 185 Å². The van der Waals surface area contributed by atoms with Gasteiger partial charge in [0.25, 0.3) is 0 Å². The van der Waals surface area contributed by atoms with Crippen LogP contribution in [-0.4, -0.2) is 68.1 Å². The molecule has 3 rings (SSSR count). The van der Waals surface area contributed by atoms with E-state index in [9.17, 15) is 4.79 Å². The number of hydrogen-bond donors (Lipinski definition) is 1. The highest BCUT2D eigenvalue weighted by atomic mass is 35.5. The second kappa shape index (κ2) is 11.6. The lowest BCUT2D eigenvalue weighted by Gasteiger charge is -2.34. The molecular weight excluding hydrogens is 400 g/mol. The number of ether oxygens (including phenoxy) is 1. The van der Waals surface area contributed by atoms with Crippen LogP contribution in [0.1, 0.15) is 38.2 Å². The summed E-state index contributed by atoms with van der Waals surface area (Å²) in [5.74, 6) is 1.55. The van der Waals surface area contributed by atoms with Crippen LogP contribution < -0.4 is 5.32 Å². The van der Waals surface area contributed by atoms with Gasteiger partial charge in [-0.3, -0.25) is 14.7 Å². The number of piperidine rings is 2. The monoisotopic (exact) mass is 434 g/mol. The van der Waals surface area contributed by atoms with E-state index >= 15 is 0 Å². The minimum absolute atomic E-state index is 0.0246. The molecule has 0 aliphatic carbocycles. The maximum Gasteiger partial charge on any atom is 0.308 e. The fraction of sp³-hybridized carbons (Fsp3) is 0.652. The first kappa shape index (κ1) is 22.9. The summed E-state index contributed by atoms with van der Waals surface area (Å²) < 4.78 is 4.90. The van der Waals surface area contributed by atoms with E-state index in [1.54, 1.807) is 0 Å². The number of methoxy groups -OCH3 is 1. The second-order valence-corrected chi connectivity index (χ2v) is 8.70. The molecule has 2 heterocycles. The Hall–Kier alpha value is -1.79. The van der Waals surface area contributed by atoms with Crippen molar-refractivity contribution < 1.29 is 9.53 Å². The van der Waals surface area contributed by atoms with Crippen LogP contribution in [0.5, 0.6) is 0 Å². The van der Waals surface area contributed by atoms with E-state index in [0.717, 1.165) is 82.5 Å². The van der Waals surface area contributed by atoms with Gasteiger partial charge in [-0.05, 0) is 63.2 Å². The maximum atomic E-state index is 11.8. The predicted molar refractivity (Wildman–Crippen MR) is 122 cm³/mol. The summed E-state index contributed by atoms with van der Waals surface area (Å²) in [6, 6.07) is 8.12. The third-order valence-corrected chi connectivity index (χ3v) is 6.59. The number of aliphatic imine (C=N–C) groups is 1. The van der Waals surface area contributed by atoms with E-state index < -0.39 is 0 Å². The van der Waals surface area contributed by atoms with Crippen LogP contribution in [0.4, 0.5) is 0 Å². The van der Waals surface area contributed by atoms with Gasteiger partial charge in [0.05, 0.1) is 13.0 Å². The van der Waals surface area contributed by atoms with E-state index in [2.05, 4.69) is 34.2 Å². The van der Waals surface area contributed by atoms with Crippen molar-refractivity contribution in [2.24, 2.45) is 16.8 Å². The maximum absolute atomic E-state index is 11.8. The molecule has 6 nitrogen and oxygen atoms in total. The van der Waals surface area contributed by atoms with Crippen molar-refractivity contribution in [2.45, 2.75) is 39.2 Å². The first-order chi connectivity index (χ1) is 14.6. The second-order valence-electron chi connectivity index (χ2n) is 8.29. The first-order valence-corrected chi connectivity index (χ1v) is 11.5. The largest absolute Gasteiger partial charge is 0.469 e. The van der Waals surface area contributed by atoms with Gasteiger partial charge in [0, 0.05) is 37.7 Å². The highest BCUT2D eigenvalue weighted by Crippen LogP contribution is 2.23. The molecule has 2 aliphatic rings. The standard InChI is InChI=1S/C23H35ClN4O2/c1-3-25-23(28-14-10-19(11-15-28)22(29)30-2)26-16-18-8-12-27(13-9-18)17-20-6-4-5-7-21(20)24/h4-7,18-19H,3,8-17H2,1-2H3,(H,25,26). The molecular formula is C23H35ClN4O2. The molecule has 0 bridgehead atoms. The Morgan fingerprint density at radius 2 is 1.87 bits per heavy atom. The summed E-state index contributed by atoms with van der Waals surface area (Å²) in [7, 11) is 1.47. The van der Waals surface area contributed by atoms with E-state index in [-0.39, 0.29) is 11.9 Å². The number of nitrogens with one attached hydrogen (secondary N) is 1. The number of carbonyl (C=O) groups is 1. The third kappa shape index (κ3) is 6.35. The van der Waals surface area contributed by atoms with Gasteiger partial charge in [-0.1, -0.05) is 29.8 Å². The number of guanidine groups is 1. The molecule has 0 saturated carbocycles. The van der Waals surface area contributed by atoms with Gasteiger partial charge < -0.3 is 15.0 Å². The summed E-state index contributed by atoms with van der Waals surface area (Å²) in [6.07, 6.45) is 3.99. The number of carbonyl (C=O) groups excluding carboxylic acids is 1. The number of hydrogen-bond acceptors (Lipinski definition) is 4. The van der Waals surface area contributed by atoms with Crippen molar-refractivity contribution in [3.8, 4) is 0 Å². The minimum atomic E-state index is -0.0832. The van der Waals surface area contributed by atoms with E-state index in [0.29, 0.717) is 5.92 Å². The molecule has 30 heavy (non-hydrogen) atoms. The summed E-state index contributed by atoms with van der Waals surface area (Å²) >= 11 is 6.31. The smallest absolute Gasteiger partial charge is 0.308 e. The van der Waals surface area contributed by atoms with Crippen molar-refractivity contribution in [1.29, 1.82) is 0 Å². The number of benzene rings is 1. The first-order valence-electron chi connectivity index (χ1n) is 11.2. The quantitative estimate of drug-likeness (QED) is 0.422. The number of rotatable bonds is 6. The van der Waals surface area contributed by atoms with Gasteiger partial charge in [-0.15, -0.1) is 0 Å². The van der Waals surface area contributed by atoms with E-state index in [1.807, 2.05) is 12.1 Å². The Bertz CT molecular complexity index is 711. The molecule has 0 radical (unpaired) electrons. The molecule has 1 aromatic rings. The lowest BCUT2D eigenvalue weighted by atomic mass is 9.96. The topological polar surface area (TPSA) is 57.2 Å². The summed E-state index contributed by atoms with van der Waals surface area (Å²) in [5, 5.41) is 4.29. The average Bonchev–Trinajstić information content (AvgIpc) is 2.79. The van der Waals surface area contributed by atoms with Crippen LogP contribution in [0.3, 0.4) is 0 Å². The van der Waals surface area contributed by atoms with Gasteiger partial charge >= 0.3 is 5.97 Å². The normalized spacial score (nSPS) is 19.7. The van der Waals surface area contributed by atoms with Crippen LogP contribution in [0.25, 0.3) is 0 Å². The molecule has 1 N–H and O–H groups in total. The molecule has 0 amide bonds. The molecule has 0 aromatic heterocycles. The SMILES string of the molecule is CCNC(=NCC1CCN(Cc2ccccc2Cl)CC1)N1CCC(C(=O)OC)CC1. The molecule has 2 aliphatic heterocycles. The van der Waals surface area contributed by atoms with Crippen molar-refractivity contribution in [3.63, 3.8) is 0 Å². The Balaban J connectivity index is 1.47. The van der Waals surface area contributed by atoms with Crippen molar-refractivity contribution in [3.05, 3.63) is 34.9 Å². The van der Waals surface area contributed by atoms with Crippen LogP contribution in [0, 0.1) is 11.8 Å². The highest BCUT2D eigenvalue weighted by Gasteiger charge is 2.27.